The highest BCUT2D eigenvalue weighted by Gasteiger charge is 2.26. The first-order valence-electron chi connectivity index (χ1n) is 7.78. The van der Waals surface area contributed by atoms with Crippen molar-refractivity contribution in [1.82, 2.24) is 14.7 Å². The summed E-state index contributed by atoms with van der Waals surface area (Å²) in [4.78, 5) is 25.2. The molecule has 0 aliphatic carbocycles. The third-order valence-corrected chi connectivity index (χ3v) is 4.39. The van der Waals surface area contributed by atoms with Crippen molar-refractivity contribution < 1.29 is 19.1 Å². The molecule has 126 valence electrons. The van der Waals surface area contributed by atoms with E-state index in [2.05, 4.69) is 5.10 Å². The van der Waals surface area contributed by atoms with Gasteiger partial charge in [0.05, 0.1) is 17.8 Å². The summed E-state index contributed by atoms with van der Waals surface area (Å²) in [6.45, 7) is 2.84. The maximum Gasteiger partial charge on any atom is 0.338 e. The van der Waals surface area contributed by atoms with Crippen molar-refractivity contribution in [3.05, 3.63) is 53.1 Å². The molecule has 0 atom stereocenters. The quantitative estimate of drug-likeness (QED) is 0.938. The van der Waals surface area contributed by atoms with Crippen molar-refractivity contribution in [3.8, 4) is 0 Å². The molecule has 1 aromatic heterocycles. The minimum absolute atomic E-state index is 0.0801. The SMILES string of the molecule is Cc1cc(F)ccc1C(=O)N1CCC(n2cc(C(=O)O)cn2)CC1. The van der Waals surface area contributed by atoms with Gasteiger partial charge in [-0.05, 0) is 43.5 Å². The molecule has 0 unspecified atom stereocenters. The van der Waals surface area contributed by atoms with Crippen LogP contribution in [0.4, 0.5) is 4.39 Å². The molecule has 0 bridgehead atoms. The normalized spacial score (nSPS) is 15.5. The number of aryl methyl sites for hydroxylation is 1. The molecule has 1 aliphatic heterocycles. The summed E-state index contributed by atoms with van der Waals surface area (Å²) in [5.41, 5.74) is 1.30. The number of aromatic carboxylic acids is 1. The second kappa shape index (κ2) is 6.43. The molecule has 7 heteroatoms. The van der Waals surface area contributed by atoms with Gasteiger partial charge in [-0.3, -0.25) is 9.48 Å². The lowest BCUT2D eigenvalue weighted by molar-refractivity contribution is 0.0687. The van der Waals surface area contributed by atoms with E-state index in [4.69, 9.17) is 5.11 Å². The number of likely N-dealkylation sites (tertiary alicyclic amines) is 1. The van der Waals surface area contributed by atoms with E-state index >= 15 is 0 Å². The lowest BCUT2D eigenvalue weighted by Gasteiger charge is -2.32. The number of carboxylic acid groups (broad SMARTS) is 1. The van der Waals surface area contributed by atoms with E-state index in [0.717, 1.165) is 0 Å². The topological polar surface area (TPSA) is 75.4 Å². The number of benzene rings is 1. The van der Waals surface area contributed by atoms with Gasteiger partial charge >= 0.3 is 5.97 Å². The number of nitrogens with zero attached hydrogens (tertiary/aromatic N) is 3. The highest BCUT2D eigenvalue weighted by atomic mass is 19.1. The third-order valence-electron chi connectivity index (χ3n) is 4.39. The zero-order valence-corrected chi connectivity index (χ0v) is 13.3. The van der Waals surface area contributed by atoms with Crippen molar-refractivity contribution in [2.75, 3.05) is 13.1 Å². The van der Waals surface area contributed by atoms with Crippen LogP contribution >= 0.6 is 0 Å². The van der Waals surface area contributed by atoms with Crippen molar-refractivity contribution >= 4 is 11.9 Å². The number of piperidine rings is 1. The minimum Gasteiger partial charge on any atom is -0.478 e. The first-order chi connectivity index (χ1) is 11.5. The van der Waals surface area contributed by atoms with Crippen molar-refractivity contribution in [1.29, 1.82) is 0 Å². The van der Waals surface area contributed by atoms with Gasteiger partial charge in [0.1, 0.15) is 5.82 Å². The van der Waals surface area contributed by atoms with Crippen LogP contribution in [-0.2, 0) is 0 Å². The van der Waals surface area contributed by atoms with Crippen LogP contribution in [0.15, 0.2) is 30.6 Å². The minimum atomic E-state index is -0.999. The molecule has 1 saturated heterocycles. The van der Waals surface area contributed by atoms with Crippen LogP contribution in [0, 0.1) is 12.7 Å². The summed E-state index contributed by atoms with van der Waals surface area (Å²) in [7, 11) is 0. The van der Waals surface area contributed by atoms with Crippen LogP contribution in [0.2, 0.25) is 0 Å². The van der Waals surface area contributed by atoms with E-state index in [1.165, 1.54) is 30.6 Å². The number of aromatic nitrogens is 2. The van der Waals surface area contributed by atoms with Crippen LogP contribution in [-0.4, -0.2) is 44.8 Å². The zero-order valence-electron chi connectivity index (χ0n) is 13.3. The fraction of sp³-hybridized carbons (Fsp3) is 0.353. The second-order valence-corrected chi connectivity index (χ2v) is 6.00. The number of carbonyl (C=O) groups excluding carboxylic acids is 1. The Morgan fingerprint density at radius 2 is 2.00 bits per heavy atom. The summed E-state index contributed by atoms with van der Waals surface area (Å²) >= 11 is 0. The highest BCUT2D eigenvalue weighted by Crippen LogP contribution is 2.24. The average molecular weight is 331 g/mol. The van der Waals surface area contributed by atoms with Crippen molar-refractivity contribution in [3.63, 3.8) is 0 Å². The van der Waals surface area contributed by atoms with Gasteiger partial charge in [0.25, 0.3) is 5.91 Å². The Morgan fingerprint density at radius 3 is 2.58 bits per heavy atom. The van der Waals surface area contributed by atoms with Gasteiger partial charge in [-0.15, -0.1) is 0 Å². The van der Waals surface area contributed by atoms with Crippen molar-refractivity contribution in [2.45, 2.75) is 25.8 Å². The summed E-state index contributed by atoms with van der Waals surface area (Å²) in [6.07, 6.45) is 4.26. The van der Waals surface area contributed by atoms with E-state index in [9.17, 15) is 14.0 Å². The van der Waals surface area contributed by atoms with Crippen LogP contribution in [0.25, 0.3) is 0 Å². The summed E-state index contributed by atoms with van der Waals surface area (Å²) in [6, 6.07) is 4.25. The summed E-state index contributed by atoms with van der Waals surface area (Å²) < 4.78 is 14.8. The zero-order chi connectivity index (χ0) is 17.3. The number of amides is 1. The van der Waals surface area contributed by atoms with E-state index in [0.29, 0.717) is 37.1 Å². The molecule has 1 amide bonds. The van der Waals surface area contributed by atoms with Gasteiger partial charge in [-0.25, -0.2) is 9.18 Å². The van der Waals surface area contributed by atoms with Gasteiger partial charge in [0, 0.05) is 24.8 Å². The molecule has 0 radical (unpaired) electrons. The molecule has 1 aliphatic rings. The Hall–Kier alpha value is -2.70. The van der Waals surface area contributed by atoms with Crippen LogP contribution in [0.1, 0.15) is 45.2 Å². The molecule has 1 aromatic carbocycles. The molecule has 24 heavy (non-hydrogen) atoms. The Bertz CT molecular complexity index is 779. The van der Waals surface area contributed by atoms with Gasteiger partial charge in [0.2, 0.25) is 0 Å². The average Bonchev–Trinajstić information content (AvgIpc) is 3.05. The lowest BCUT2D eigenvalue weighted by atomic mass is 10.0. The lowest BCUT2D eigenvalue weighted by Crippen LogP contribution is -2.39. The summed E-state index contributed by atoms with van der Waals surface area (Å²) in [5.74, 6) is -1.45. The number of rotatable bonds is 3. The van der Waals surface area contributed by atoms with Gasteiger partial charge in [-0.2, -0.15) is 5.10 Å². The molecule has 3 rings (SSSR count). The molecule has 6 nitrogen and oxygen atoms in total. The Balaban J connectivity index is 1.65. The Kier molecular flexibility index (Phi) is 4.33. The Morgan fingerprint density at radius 1 is 1.29 bits per heavy atom. The molecule has 0 spiro atoms. The molecule has 0 saturated carbocycles. The molecular weight excluding hydrogens is 313 g/mol. The highest BCUT2D eigenvalue weighted by molar-refractivity contribution is 5.95. The maximum atomic E-state index is 13.2. The summed E-state index contributed by atoms with van der Waals surface area (Å²) in [5, 5.41) is 13.1. The standard InChI is InChI=1S/C17H18FN3O3/c1-11-8-13(18)2-3-15(11)16(22)20-6-4-14(5-7-20)21-10-12(9-19-21)17(23)24/h2-3,8-10,14H,4-7H2,1H3,(H,23,24). The first-order valence-corrected chi connectivity index (χ1v) is 7.78. The van der Waals surface area contributed by atoms with Crippen LogP contribution in [0.3, 0.4) is 0 Å². The number of carbonyl (C=O) groups is 2. The molecule has 2 heterocycles. The molecule has 1 fully saturated rings. The second-order valence-electron chi connectivity index (χ2n) is 6.00. The molecule has 2 aromatic rings. The Labute approximate surface area is 138 Å². The van der Waals surface area contributed by atoms with E-state index < -0.39 is 5.97 Å². The number of halogens is 1. The monoisotopic (exact) mass is 331 g/mol. The smallest absolute Gasteiger partial charge is 0.338 e. The van der Waals surface area contributed by atoms with Gasteiger partial charge < -0.3 is 10.0 Å². The number of carboxylic acids is 1. The van der Waals surface area contributed by atoms with E-state index in [1.807, 2.05) is 0 Å². The largest absolute Gasteiger partial charge is 0.478 e. The van der Waals surface area contributed by atoms with Gasteiger partial charge in [-0.1, -0.05) is 0 Å². The van der Waals surface area contributed by atoms with Crippen LogP contribution < -0.4 is 0 Å². The first kappa shape index (κ1) is 16.2. The third kappa shape index (κ3) is 3.15. The van der Waals surface area contributed by atoms with Crippen molar-refractivity contribution in [2.24, 2.45) is 0 Å². The van der Waals surface area contributed by atoms with Gasteiger partial charge in [0.15, 0.2) is 0 Å². The predicted octanol–water partition coefficient (Wildman–Crippen LogP) is 2.51. The van der Waals surface area contributed by atoms with Crippen LogP contribution in [0.5, 0.6) is 0 Å². The maximum absolute atomic E-state index is 13.2. The molecule has 1 N–H and O–H groups in total. The van der Waals surface area contributed by atoms with E-state index in [-0.39, 0.29) is 23.3 Å². The molecular formula is C17H18FN3O3. The number of hydrogen-bond donors (Lipinski definition) is 1. The van der Waals surface area contributed by atoms with E-state index in [1.54, 1.807) is 16.5 Å². The number of hydrogen-bond acceptors (Lipinski definition) is 3. The predicted molar refractivity (Wildman–Crippen MR) is 84.5 cm³/mol. The fourth-order valence-corrected chi connectivity index (χ4v) is 3.02. The fourth-order valence-electron chi connectivity index (χ4n) is 3.02.